The van der Waals surface area contributed by atoms with Crippen LogP contribution in [0.4, 0.5) is 13.2 Å². The number of hydrogen-bond donors (Lipinski definition) is 2. The van der Waals surface area contributed by atoms with Crippen LogP contribution < -0.4 is 0 Å². The van der Waals surface area contributed by atoms with Crippen molar-refractivity contribution in [2.24, 2.45) is 0 Å². The normalized spacial score (nSPS) is 23.4. The molecule has 14 heteroatoms. The first-order valence-electron chi connectivity index (χ1n) is 12.5. The number of aromatic amines is 1. The van der Waals surface area contributed by atoms with Crippen molar-refractivity contribution in [2.75, 3.05) is 26.2 Å². The fourth-order valence-electron chi connectivity index (χ4n) is 5.63. The van der Waals surface area contributed by atoms with Crippen LogP contribution in [0.1, 0.15) is 37.0 Å². The number of nitrogens with zero attached hydrogens (tertiary/aromatic N) is 9. The van der Waals surface area contributed by atoms with Gasteiger partial charge in [0.05, 0.1) is 35.6 Å². The molecule has 0 radical (unpaired) electrons. The molecule has 2 fully saturated rings. The second-order valence-corrected chi connectivity index (χ2v) is 10.0. The van der Waals surface area contributed by atoms with Gasteiger partial charge < -0.3 is 10.1 Å². The molecule has 6 rings (SSSR count). The standard InChI is InChI=1S/C25H25F3N10O/c26-25(27,28)23-31-6-2-19(35-23)22(39)37-9-7-36(8-10-37)17-11-24(12-17,3-4-29)38-14-16(13-34-38)20-18-1-5-30-21(18)33-15-32-20/h1-2,5-6,13-15,17,22,39H,3,7-12H2,(H,30,32,33). The Bertz CT molecular complexity index is 1510. The Balaban J connectivity index is 1.11. The molecule has 0 aromatic carbocycles. The minimum atomic E-state index is -4.67. The van der Waals surface area contributed by atoms with Gasteiger partial charge >= 0.3 is 6.18 Å². The molecular formula is C25H25F3N10O. The summed E-state index contributed by atoms with van der Waals surface area (Å²) in [6.07, 6.45) is 3.93. The Hall–Kier alpha value is -3.93. The average molecular weight is 539 g/mol. The third-order valence-corrected chi connectivity index (χ3v) is 7.74. The Labute approximate surface area is 220 Å². The molecule has 39 heavy (non-hydrogen) atoms. The van der Waals surface area contributed by atoms with E-state index in [1.807, 2.05) is 23.1 Å². The van der Waals surface area contributed by atoms with E-state index < -0.39 is 23.8 Å². The zero-order valence-electron chi connectivity index (χ0n) is 20.8. The third kappa shape index (κ3) is 4.62. The van der Waals surface area contributed by atoms with E-state index in [9.17, 15) is 23.5 Å². The summed E-state index contributed by atoms with van der Waals surface area (Å²) in [5.41, 5.74) is 1.87. The van der Waals surface area contributed by atoms with Crippen LogP contribution in [0.5, 0.6) is 0 Å². The molecule has 5 heterocycles. The summed E-state index contributed by atoms with van der Waals surface area (Å²) in [5, 5.41) is 25.8. The number of alkyl halides is 3. The smallest absolute Gasteiger partial charge is 0.372 e. The average Bonchev–Trinajstić information content (AvgIpc) is 3.60. The molecule has 11 nitrogen and oxygen atoms in total. The highest BCUT2D eigenvalue weighted by Gasteiger charge is 2.49. The lowest BCUT2D eigenvalue weighted by Gasteiger charge is -2.52. The minimum absolute atomic E-state index is 0.0717. The summed E-state index contributed by atoms with van der Waals surface area (Å²) in [6, 6.07) is 5.77. The number of hydrogen-bond acceptors (Lipinski definition) is 9. The molecule has 0 spiro atoms. The van der Waals surface area contributed by atoms with E-state index in [1.54, 1.807) is 11.1 Å². The number of H-pyrrole nitrogens is 1. The predicted octanol–water partition coefficient (Wildman–Crippen LogP) is 2.71. The van der Waals surface area contributed by atoms with Gasteiger partial charge in [-0.25, -0.2) is 19.9 Å². The van der Waals surface area contributed by atoms with Gasteiger partial charge in [0, 0.05) is 61.8 Å². The van der Waals surface area contributed by atoms with Crippen molar-refractivity contribution in [2.45, 2.75) is 43.2 Å². The summed E-state index contributed by atoms with van der Waals surface area (Å²) in [5.74, 6) is -1.26. The van der Waals surface area contributed by atoms with Crippen LogP contribution in [0.25, 0.3) is 22.3 Å². The van der Waals surface area contributed by atoms with Gasteiger partial charge in [-0.15, -0.1) is 0 Å². The summed E-state index contributed by atoms with van der Waals surface area (Å²) in [7, 11) is 0. The Morgan fingerprint density at radius 1 is 1.15 bits per heavy atom. The Morgan fingerprint density at radius 2 is 1.95 bits per heavy atom. The molecule has 4 aromatic rings. The lowest BCUT2D eigenvalue weighted by molar-refractivity contribution is -0.145. The van der Waals surface area contributed by atoms with Gasteiger partial charge in [-0.3, -0.25) is 14.5 Å². The number of aliphatic hydroxyl groups is 1. The zero-order chi connectivity index (χ0) is 27.2. The van der Waals surface area contributed by atoms with Gasteiger partial charge in [0.25, 0.3) is 0 Å². The van der Waals surface area contributed by atoms with Crippen molar-refractivity contribution < 1.29 is 18.3 Å². The van der Waals surface area contributed by atoms with E-state index in [0.29, 0.717) is 32.6 Å². The quantitative estimate of drug-likeness (QED) is 0.380. The van der Waals surface area contributed by atoms with Crippen molar-refractivity contribution in [3.63, 3.8) is 0 Å². The molecule has 2 aliphatic rings. The molecule has 4 aromatic heterocycles. The number of rotatable bonds is 6. The number of fused-ring (bicyclic) bond motifs is 1. The number of piperazine rings is 1. The first-order valence-corrected chi connectivity index (χ1v) is 12.5. The van der Waals surface area contributed by atoms with Gasteiger partial charge in [-0.2, -0.15) is 23.5 Å². The monoisotopic (exact) mass is 538 g/mol. The van der Waals surface area contributed by atoms with E-state index in [0.717, 1.165) is 41.3 Å². The van der Waals surface area contributed by atoms with Crippen molar-refractivity contribution in [1.29, 1.82) is 5.26 Å². The number of aromatic nitrogens is 7. The summed E-state index contributed by atoms with van der Waals surface area (Å²) >= 11 is 0. The predicted molar refractivity (Wildman–Crippen MR) is 131 cm³/mol. The summed E-state index contributed by atoms with van der Waals surface area (Å²) < 4.78 is 40.8. The molecule has 0 amide bonds. The number of halogens is 3. The number of aliphatic hydroxyl groups excluding tert-OH is 1. The lowest BCUT2D eigenvalue weighted by Crippen LogP contribution is -2.60. The van der Waals surface area contributed by atoms with Crippen LogP contribution in [0.2, 0.25) is 0 Å². The van der Waals surface area contributed by atoms with Crippen LogP contribution in [0.3, 0.4) is 0 Å². The van der Waals surface area contributed by atoms with Gasteiger partial charge in [-0.1, -0.05) is 0 Å². The van der Waals surface area contributed by atoms with E-state index in [4.69, 9.17) is 0 Å². The highest BCUT2D eigenvalue weighted by molar-refractivity contribution is 5.89. The molecule has 1 aliphatic heterocycles. The molecule has 2 N–H and O–H groups in total. The first kappa shape index (κ1) is 25.4. The summed E-state index contributed by atoms with van der Waals surface area (Å²) in [4.78, 5) is 22.6. The molecule has 1 saturated heterocycles. The number of nitriles is 1. The van der Waals surface area contributed by atoms with E-state index in [-0.39, 0.29) is 11.7 Å². The Morgan fingerprint density at radius 3 is 2.69 bits per heavy atom. The third-order valence-electron chi connectivity index (χ3n) is 7.74. The maximum absolute atomic E-state index is 13.0. The van der Waals surface area contributed by atoms with Crippen molar-refractivity contribution >= 4 is 11.0 Å². The molecule has 1 saturated carbocycles. The van der Waals surface area contributed by atoms with E-state index >= 15 is 0 Å². The Kier molecular flexibility index (Phi) is 6.29. The van der Waals surface area contributed by atoms with Crippen LogP contribution >= 0.6 is 0 Å². The topological polar surface area (TPSA) is 136 Å². The lowest BCUT2D eigenvalue weighted by atomic mass is 9.70. The minimum Gasteiger partial charge on any atom is -0.372 e. The first-order chi connectivity index (χ1) is 18.8. The maximum Gasteiger partial charge on any atom is 0.451 e. The van der Waals surface area contributed by atoms with Crippen LogP contribution in [-0.4, -0.2) is 81.8 Å². The second kappa shape index (κ2) is 9.67. The second-order valence-electron chi connectivity index (χ2n) is 10.0. The fourth-order valence-corrected chi connectivity index (χ4v) is 5.63. The van der Waals surface area contributed by atoms with Gasteiger partial charge in [-0.05, 0) is 25.0 Å². The zero-order valence-corrected chi connectivity index (χ0v) is 20.8. The highest BCUT2D eigenvalue weighted by Crippen LogP contribution is 2.45. The van der Waals surface area contributed by atoms with Gasteiger partial charge in [0.1, 0.15) is 12.0 Å². The van der Waals surface area contributed by atoms with Crippen LogP contribution in [0, 0.1) is 11.3 Å². The van der Waals surface area contributed by atoms with E-state index in [1.165, 1.54) is 12.4 Å². The molecule has 202 valence electrons. The largest absolute Gasteiger partial charge is 0.451 e. The molecule has 0 bridgehead atoms. The molecule has 1 unspecified atom stereocenters. The maximum atomic E-state index is 13.0. The van der Waals surface area contributed by atoms with Crippen molar-refractivity contribution in [3.8, 4) is 17.3 Å². The van der Waals surface area contributed by atoms with Crippen LogP contribution in [0.15, 0.2) is 43.2 Å². The summed E-state index contributed by atoms with van der Waals surface area (Å²) in [6.45, 7) is 2.22. The van der Waals surface area contributed by atoms with Gasteiger partial charge in [0.15, 0.2) is 6.23 Å². The highest BCUT2D eigenvalue weighted by atomic mass is 19.4. The van der Waals surface area contributed by atoms with Crippen molar-refractivity contribution in [1.82, 2.24) is 44.5 Å². The number of nitrogens with one attached hydrogen (secondary N) is 1. The molecule has 1 aliphatic carbocycles. The molecular weight excluding hydrogens is 513 g/mol. The van der Waals surface area contributed by atoms with E-state index in [2.05, 4.69) is 41.0 Å². The van der Waals surface area contributed by atoms with Crippen LogP contribution in [-0.2, 0) is 11.7 Å². The fraction of sp³-hybridized carbons (Fsp3) is 0.440. The van der Waals surface area contributed by atoms with Gasteiger partial charge in [0.2, 0.25) is 5.82 Å². The molecule has 1 atom stereocenters. The van der Waals surface area contributed by atoms with Crippen molar-refractivity contribution in [3.05, 3.63) is 54.8 Å². The SMILES string of the molecule is N#CCC1(n2cc(-c3ncnc4[nH]ccc34)cn2)CC(N2CCN(C(O)c3ccnc(C(F)(F)F)n3)CC2)C1.